The molecule has 55 heavy (non-hydrogen) atoms. The summed E-state index contributed by atoms with van der Waals surface area (Å²) >= 11 is 0. The molecule has 0 aliphatic carbocycles. The summed E-state index contributed by atoms with van der Waals surface area (Å²) in [6.45, 7) is 48.1. The Bertz CT molecular complexity index is 677. The Labute approximate surface area is 344 Å². The second kappa shape index (κ2) is 33.5. The molecule has 6 fully saturated rings. The molecule has 0 aromatic heterocycles. The van der Waals surface area contributed by atoms with Crippen molar-refractivity contribution in [3.63, 3.8) is 0 Å². The SMILES string of the molecule is CC(C)C1CCNCC1.CC(C)C1CCOCC1.CC(C)N1CCCCC1.CC(C)N1CCCNCC1.CC(C)N1CCNCC1.CC(C)N1CCOCC1. The third-order valence-electron chi connectivity index (χ3n) is 12.4. The predicted molar refractivity (Wildman–Crippen MR) is 241 cm³/mol. The van der Waals surface area contributed by atoms with Gasteiger partial charge in [-0.1, -0.05) is 34.1 Å². The van der Waals surface area contributed by atoms with E-state index in [9.17, 15) is 0 Å². The van der Waals surface area contributed by atoms with Gasteiger partial charge >= 0.3 is 0 Å². The average molecular weight is 782 g/mol. The van der Waals surface area contributed by atoms with Crippen molar-refractivity contribution < 1.29 is 9.47 Å². The first-order chi connectivity index (χ1) is 26.3. The van der Waals surface area contributed by atoms with Gasteiger partial charge in [0.2, 0.25) is 0 Å². The van der Waals surface area contributed by atoms with E-state index in [1.54, 1.807) is 0 Å². The van der Waals surface area contributed by atoms with Gasteiger partial charge in [0.15, 0.2) is 0 Å². The highest BCUT2D eigenvalue weighted by Gasteiger charge is 2.17. The Morgan fingerprint density at radius 1 is 0.345 bits per heavy atom. The second-order valence-electron chi connectivity index (χ2n) is 18.6. The van der Waals surface area contributed by atoms with Gasteiger partial charge in [-0.05, 0) is 163 Å². The minimum atomic E-state index is 0.689. The molecule has 0 spiro atoms. The molecule has 0 aromatic rings. The summed E-state index contributed by atoms with van der Waals surface area (Å²) in [6, 6.07) is 2.91. The first-order valence-electron chi connectivity index (χ1n) is 23.6. The Morgan fingerprint density at radius 3 is 1.07 bits per heavy atom. The Hall–Kier alpha value is -0.360. The van der Waals surface area contributed by atoms with E-state index in [-0.39, 0.29) is 0 Å². The van der Waals surface area contributed by atoms with Crippen LogP contribution >= 0.6 is 0 Å². The fourth-order valence-corrected chi connectivity index (χ4v) is 8.00. The first kappa shape index (κ1) is 52.7. The molecular weight excluding hydrogens is 683 g/mol. The number of piperidine rings is 2. The van der Waals surface area contributed by atoms with Gasteiger partial charge in [-0.3, -0.25) is 14.7 Å². The van der Waals surface area contributed by atoms with Gasteiger partial charge in [-0.25, -0.2) is 0 Å². The summed E-state index contributed by atoms with van der Waals surface area (Å²) in [6.07, 6.45) is 10.9. The van der Waals surface area contributed by atoms with Crippen LogP contribution in [0.3, 0.4) is 0 Å². The van der Waals surface area contributed by atoms with Gasteiger partial charge in [0.05, 0.1) is 13.2 Å². The number of ether oxygens (including phenoxy) is 2. The summed E-state index contributed by atoms with van der Waals surface area (Å²) in [5.41, 5.74) is 0. The molecular formula is C46H99N7O2. The molecule has 0 amide bonds. The fraction of sp³-hybridized carbons (Fsp3) is 1.00. The van der Waals surface area contributed by atoms with Crippen LogP contribution in [0.25, 0.3) is 0 Å². The molecule has 6 saturated heterocycles. The van der Waals surface area contributed by atoms with Gasteiger partial charge in [0, 0.05) is 89.7 Å². The zero-order valence-corrected chi connectivity index (χ0v) is 39.1. The largest absolute Gasteiger partial charge is 0.381 e. The average Bonchev–Trinajstić information content (AvgIpc) is 3.51. The van der Waals surface area contributed by atoms with Crippen molar-refractivity contribution in [3.05, 3.63) is 0 Å². The molecule has 3 N–H and O–H groups in total. The lowest BCUT2D eigenvalue weighted by Crippen LogP contribution is -2.46. The summed E-state index contributed by atoms with van der Waals surface area (Å²) in [5, 5.41) is 10.1. The summed E-state index contributed by atoms with van der Waals surface area (Å²) in [4.78, 5) is 10.0. The number of nitrogens with one attached hydrogen (secondary N) is 3. The monoisotopic (exact) mass is 782 g/mol. The zero-order chi connectivity index (χ0) is 40.8. The molecule has 0 bridgehead atoms. The highest BCUT2D eigenvalue weighted by Crippen LogP contribution is 2.22. The minimum Gasteiger partial charge on any atom is -0.381 e. The zero-order valence-electron chi connectivity index (χ0n) is 39.1. The van der Waals surface area contributed by atoms with E-state index in [0.29, 0.717) is 6.04 Å². The highest BCUT2D eigenvalue weighted by atomic mass is 16.5. The van der Waals surface area contributed by atoms with Gasteiger partial charge < -0.3 is 30.3 Å². The van der Waals surface area contributed by atoms with Crippen molar-refractivity contribution in [2.45, 2.75) is 159 Å². The van der Waals surface area contributed by atoms with E-state index < -0.39 is 0 Å². The molecule has 9 nitrogen and oxygen atoms in total. The maximum absolute atomic E-state index is 5.25. The van der Waals surface area contributed by atoms with Crippen molar-refractivity contribution in [2.75, 3.05) is 118 Å². The number of nitrogens with zero attached hydrogens (tertiary/aromatic N) is 4. The van der Waals surface area contributed by atoms with Crippen molar-refractivity contribution in [1.29, 1.82) is 0 Å². The fourth-order valence-electron chi connectivity index (χ4n) is 8.00. The number of morpholine rings is 1. The van der Waals surface area contributed by atoms with Gasteiger partial charge in [-0.2, -0.15) is 0 Å². The van der Waals surface area contributed by atoms with Crippen LogP contribution in [-0.4, -0.2) is 162 Å². The van der Waals surface area contributed by atoms with E-state index in [1.807, 2.05) is 0 Å². The third kappa shape index (κ3) is 27.1. The standard InChI is InChI=1S/C8H18N2.2C8H17N.C8H16O.C7H16N2.C7H15NO/c1-8(2)10-6-3-4-9-5-7-10;1-7(2)8-3-5-9-6-4-8;1-8(2)9-6-4-3-5-7-9;1-7(2)8-3-5-9-6-4-8;1-7(2)9-5-3-8-4-6-9;1-7(2)8-3-5-9-6-4-8/h8-9H,3-7H2,1-2H3;7-9H,3-6H2,1-2H3;8H,3-7H2,1-2H3;2*7-8H,3-6H2,1-2H3;7H,3-6H2,1-2H3. The topological polar surface area (TPSA) is 67.5 Å². The third-order valence-corrected chi connectivity index (χ3v) is 12.4. The molecule has 9 heteroatoms. The number of piperazine rings is 1. The Morgan fingerprint density at radius 2 is 0.691 bits per heavy atom. The maximum Gasteiger partial charge on any atom is 0.0594 e. The second-order valence-corrected chi connectivity index (χ2v) is 18.6. The Kier molecular flexibility index (Phi) is 32.0. The molecule has 6 rings (SSSR count). The van der Waals surface area contributed by atoms with Crippen LogP contribution < -0.4 is 16.0 Å². The van der Waals surface area contributed by atoms with Crippen molar-refractivity contribution in [1.82, 2.24) is 35.6 Å². The smallest absolute Gasteiger partial charge is 0.0594 e. The minimum absolute atomic E-state index is 0.689. The van der Waals surface area contributed by atoms with E-state index in [0.717, 1.165) is 101 Å². The predicted octanol–water partition coefficient (Wildman–Crippen LogP) is 7.31. The van der Waals surface area contributed by atoms with E-state index >= 15 is 0 Å². The summed E-state index contributed by atoms with van der Waals surface area (Å²) in [5.74, 6) is 3.67. The van der Waals surface area contributed by atoms with Crippen LogP contribution in [0, 0.1) is 23.7 Å². The van der Waals surface area contributed by atoms with Crippen LogP contribution in [0.4, 0.5) is 0 Å². The van der Waals surface area contributed by atoms with Crippen LogP contribution in [0.5, 0.6) is 0 Å². The van der Waals surface area contributed by atoms with Crippen LogP contribution in [-0.2, 0) is 9.47 Å². The van der Waals surface area contributed by atoms with Gasteiger partial charge in [0.1, 0.15) is 0 Å². The Balaban J connectivity index is 0.000000330. The molecule has 0 saturated carbocycles. The van der Waals surface area contributed by atoms with E-state index in [1.165, 1.54) is 110 Å². The van der Waals surface area contributed by atoms with Crippen LogP contribution in [0.1, 0.15) is 134 Å². The maximum atomic E-state index is 5.25. The van der Waals surface area contributed by atoms with Crippen molar-refractivity contribution >= 4 is 0 Å². The molecule has 6 aliphatic heterocycles. The quantitative estimate of drug-likeness (QED) is 0.258. The lowest BCUT2D eigenvalue weighted by atomic mass is 9.87. The molecule has 0 unspecified atom stereocenters. The number of hydrogen-bond acceptors (Lipinski definition) is 9. The molecule has 0 aromatic carbocycles. The van der Waals surface area contributed by atoms with E-state index in [4.69, 9.17) is 9.47 Å². The van der Waals surface area contributed by atoms with Gasteiger partial charge in [-0.15, -0.1) is 0 Å². The molecule has 330 valence electrons. The highest BCUT2D eigenvalue weighted by molar-refractivity contribution is 4.72. The van der Waals surface area contributed by atoms with Crippen molar-refractivity contribution in [3.8, 4) is 0 Å². The summed E-state index contributed by atoms with van der Waals surface area (Å²) < 4.78 is 10.5. The first-order valence-corrected chi connectivity index (χ1v) is 23.6. The number of rotatable bonds is 6. The molecule has 0 atom stereocenters. The summed E-state index contributed by atoms with van der Waals surface area (Å²) in [7, 11) is 0. The number of likely N-dealkylation sites (tertiary alicyclic amines) is 1. The molecule has 0 radical (unpaired) electrons. The van der Waals surface area contributed by atoms with Gasteiger partial charge in [0.25, 0.3) is 0 Å². The molecule has 6 heterocycles. The number of hydrogen-bond donors (Lipinski definition) is 3. The lowest BCUT2D eigenvalue weighted by molar-refractivity contribution is 0.0238. The van der Waals surface area contributed by atoms with Crippen molar-refractivity contribution in [2.24, 2.45) is 23.7 Å². The van der Waals surface area contributed by atoms with Crippen LogP contribution in [0.2, 0.25) is 0 Å². The molecule has 6 aliphatic rings. The van der Waals surface area contributed by atoms with Crippen LogP contribution in [0.15, 0.2) is 0 Å². The normalized spacial score (nSPS) is 23.0. The van der Waals surface area contributed by atoms with E-state index in [2.05, 4.69) is 119 Å². The lowest BCUT2D eigenvalue weighted by Gasteiger charge is -2.30.